The molecule has 2 rings (SSSR count). The first-order chi connectivity index (χ1) is 11.0. The van der Waals surface area contributed by atoms with Crippen molar-refractivity contribution in [3.63, 3.8) is 0 Å². The number of hydrogen-bond acceptors (Lipinski definition) is 4. The molecule has 1 amide bonds. The number of benzene rings is 1. The Morgan fingerprint density at radius 1 is 1.35 bits per heavy atom. The van der Waals surface area contributed by atoms with Crippen LogP contribution in [0.1, 0.15) is 22.0 Å². The molecule has 23 heavy (non-hydrogen) atoms. The van der Waals surface area contributed by atoms with E-state index in [0.717, 1.165) is 11.3 Å². The van der Waals surface area contributed by atoms with E-state index in [2.05, 4.69) is 15.2 Å². The second-order valence-electron chi connectivity index (χ2n) is 5.34. The van der Waals surface area contributed by atoms with Crippen molar-refractivity contribution in [3.8, 4) is 5.75 Å². The van der Waals surface area contributed by atoms with Crippen LogP contribution in [-0.4, -0.2) is 43.5 Å². The topological polar surface area (TPSA) is 54.5 Å². The van der Waals surface area contributed by atoms with Crippen molar-refractivity contribution in [1.82, 2.24) is 15.2 Å². The Labute approximate surface area is 141 Å². The van der Waals surface area contributed by atoms with Crippen molar-refractivity contribution < 1.29 is 9.53 Å². The molecule has 0 aliphatic rings. The Morgan fingerprint density at radius 2 is 2.13 bits per heavy atom. The predicted molar refractivity (Wildman–Crippen MR) is 91.0 cm³/mol. The van der Waals surface area contributed by atoms with Gasteiger partial charge >= 0.3 is 0 Å². The van der Waals surface area contributed by atoms with E-state index in [9.17, 15) is 4.79 Å². The Morgan fingerprint density at radius 3 is 2.74 bits per heavy atom. The number of amides is 1. The fourth-order valence-electron chi connectivity index (χ4n) is 2.25. The summed E-state index contributed by atoms with van der Waals surface area (Å²) in [7, 11) is 5.58. The number of pyridine rings is 1. The molecule has 122 valence electrons. The van der Waals surface area contributed by atoms with E-state index in [1.807, 2.05) is 38.4 Å². The van der Waals surface area contributed by atoms with Gasteiger partial charge in [0.05, 0.1) is 18.7 Å². The van der Waals surface area contributed by atoms with Crippen LogP contribution in [-0.2, 0) is 0 Å². The number of nitrogens with one attached hydrogen (secondary N) is 1. The maximum Gasteiger partial charge on any atom is 0.252 e. The molecule has 1 heterocycles. The van der Waals surface area contributed by atoms with E-state index in [4.69, 9.17) is 16.3 Å². The van der Waals surface area contributed by atoms with Gasteiger partial charge in [-0.1, -0.05) is 23.7 Å². The number of rotatable bonds is 6. The van der Waals surface area contributed by atoms with Gasteiger partial charge in [-0.15, -0.1) is 0 Å². The highest BCUT2D eigenvalue weighted by Crippen LogP contribution is 2.22. The quantitative estimate of drug-likeness (QED) is 0.826. The molecule has 0 aliphatic heterocycles. The highest BCUT2D eigenvalue weighted by atomic mass is 35.5. The molecule has 2 aromatic rings. The van der Waals surface area contributed by atoms with Crippen LogP contribution in [0.3, 0.4) is 0 Å². The van der Waals surface area contributed by atoms with E-state index in [-0.39, 0.29) is 11.9 Å². The third kappa shape index (κ3) is 4.68. The molecule has 0 bridgehead atoms. The van der Waals surface area contributed by atoms with Crippen molar-refractivity contribution >= 4 is 17.5 Å². The van der Waals surface area contributed by atoms with Gasteiger partial charge in [-0.3, -0.25) is 4.79 Å². The second-order valence-corrected chi connectivity index (χ2v) is 5.72. The number of halogens is 1. The van der Waals surface area contributed by atoms with Crippen LogP contribution in [0.4, 0.5) is 0 Å². The average molecular weight is 334 g/mol. The predicted octanol–water partition coefficient (Wildman–Crippen LogP) is 2.78. The Bertz CT molecular complexity index is 659. The van der Waals surface area contributed by atoms with Crippen molar-refractivity contribution in [1.29, 1.82) is 0 Å². The van der Waals surface area contributed by atoms with Crippen molar-refractivity contribution in [2.45, 2.75) is 6.04 Å². The molecule has 1 N–H and O–H groups in total. The van der Waals surface area contributed by atoms with Crippen LogP contribution in [0.15, 0.2) is 42.6 Å². The Kier molecular flexibility index (Phi) is 5.96. The van der Waals surface area contributed by atoms with Gasteiger partial charge in [0, 0.05) is 12.7 Å². The zero-order valence-electron chi connectivity index (χ0n) is 13.4. The maximum absolute atomic E-state index is 12.2. The molecule has 1 aromatic heterocycles. The van der Waals surface area contributed by atoms with Gasteiger partial charge < -0.3 is 15.0 Å². The van der Waals surface area contributed by atoms with E-state index in [0.29, 0.717) is 17.3 Å². The normalized spacial score (nSPS) is 12.0. The zero-order chi connectivity index (χ0) is 16.8. The molecular weight excluding hydrogens is 314 g/mol. The summed E-state index contributed by atoms with van der Waals surface area (Å²) in [4.78, 5) is 18.2. The first-order valence-electron chi connectivity index (χ1n) is 7.21. The van der Waals surface area contributed by atoms with Gasteiger partial charge in [0.15, 0.2) is 0 Å². The summed E-state index contributed by atoms with van der Waals surface area (Å²) in [5.74, 6) is 0.617. The molecule has 1 aromatic carbocycles. The van der Waals surface area contributed by atoms with Gasteiger partial charge in [-0.2, -0.15) is 0 Å². The van der Waals surface area contributed by atoms with Crippen molar-refractivity contribution in [2.24, 2.45) is 0 Å². The van der Waals surface area contributed by atoms with Gasteiger partial charge in [-0.25, -0.2) is 4.98 Å². The third-order valence-corrected chi connectivity index (χ3v) is 3.77. The van der Waals surface area contributed by atoms with Crippen LogP contribution in [0.5, 0.6) is 5.75 Å². The minimum Gasteiger partial charge on any atom is -0.497 e. The number of hydrogen-bond donors (Lipinski definition) is 1. The van der Waals surface area contributed by atoms with Crippen LogP contribution in [0, 0.1) is 0 Å². The monoisotopic (exact) mass is 333 g/mol. The number of carbonyl (C=O) groups is 1. The van der Waals surface area contributed by atoms with Gasteiger partial charge in [0.25, 0.3) is 5.91 Å². The molecule has 1 atom stereocenters. The lowest BCUT2D eigenvalue weighted by atomic mass is 10.1. The number of nitrogens with zero attached hydrogens (tertiary/aromatic N) is 2. The zero-order valence-corrected chi connectivity index (χ0v) is 14.2. The molecule has 0 saturated heterocycles. The summed E-state index contributed by atoms with van der Waals surface area (Å²) in [5, 5.41) is 3.30. The van der Waals surface area contributed by atoms with Crippen molar-refractivity contribution in [2.75, 3.05) is 27.7 Å². The lowest BCUT2D eigenvalue weighted by Crippen LogP contribution is -2.34. The second kappa shape index (κ2) is 7.94. The highest BCUT2D eigenvalue weighted by molar-refractivity contribution is 6.29. The highest BCUT2D eigenvalue weighted by Gasteiger charge is 2.16. The van der Waals surface area contributed by atoms with Crippen LogP contribution < -0.4 is 10.1 Å². The molecule has 0 saturated carbocycles. The van der Waals surface area contributed by atoms with Gasteiger partial charge in [0.1, 0.15) is 10.9 Å². The van der Waals surface area contributed by atoms with E-state index < -0.39 is 0 Å². The Hall–Kier alpha value is -2.11. The van der Waals surface area contributed by atoms with Gasteiger partial charge in [-0.05, 0) is 43.9 Å². The molecule has 0 spiro atoms. The van der Waals surface area contributed by atoms with Crippen LogP contribution >= 0.6 is 11.6 Å². The minimum absolute atomic E-state index is 0.0364. The van der Waals surface area contributed by atoms with Crippen molar-refractivity contribution in [3.05, 3.63) is 58.9 Å². The van der Waals surface area contributed by atoms with Crippen LogP contribution in [0.25, 0.3) is 0 Å². The molecular formula is C17H20ClN3O2. The van der Waals surface area contributed by atoms with Crippen LogP contribution in [0.2, 0.25) is 5.15 Å². The third-order valence-electron chi connectivity index (χ3n) is 3.55. The maximum atomic E-state index is 12.2. The smallest absolute Gasteiger partial charge is 0.252 e. The molecule has 0 fully saturated rings. The first-order valence-corrected chi connectivity index (χ1v) is 7.59. The molecule has 0 radical (unpaired) electrons. The summed E-state index contributed by atoms with van der Waals surface area (Å²) in [6.45, 7) is 0.474. The number of likely N-dealkylation sites (N-methyl/N-ethyl adjacent to an activating group) is 1. The van der Waals surface area contributed by atoms with E-state index in [1.165, 1.54) is 6.20 Å². The molecule has 6 heteroatoms. The summed E-state index contributed by atoms with van der Waals surface area (Å²) in [5.41, 5.74) is 1.56. The largest absolute Gasteiger partial charge is 0.497 e. The molecule has 0 aliphatic carbocycles. The summed E-state index contributed by atoms with van der Waals surface area (Å²) in [6, 6.07) is 11.1. The van der Waals surface area contributed by atoms with Gasteiger partial charge in [0.2, 0.25) is 0 Å². The summed E-state index contributed by atoms with van der Waals surface area (Å²) in [6.07, 6.45) is 1.47. The number of ether oxygens (including phenoxy) is 1. The lowest BCUT2D eigenvalue weighted by Gasteiger charge is -2.25. The number of carbonyl (C=O) groups excluding carboxylic acids is 1. The van der Waals surface area contributed by atoms with E-state index >= 15 is 0 Å². The Balaban J connectivity index is 2.07. The SMILES string of the molecule is COc1cccc(C(CNC(=O)c2ccc(Cl)nc2)N(C)C)c1. The average Bonchev–Trinajstić information content (AvgIpc) is 2.55. The fraction of sp³-hybridized carbons (Fsp3) is 0.294. The number of aromatic nitrogens is 1. The summed E-state index contributed by atoms with van der Waals surface area (Å²) < 4.78 is 5.26. The molecule has 5 nitrogen and oxygen atoms in total. The summed E-state index contributed by atoms with van der Waals surface area (Å²) >= 11 is 5.73. The lowest BCUT2D eigenvalue weighted by molar-refractivity contribution is 0.0941. The standard InChI is InChI=1S/C17H20ClN3O2/c1-21(2)15(12-5-4-6-14(9-12)23-3)11-20-17(22)13-7-8-16(18)19-10-13/h4-10,15H,11H2,1-3H3,(H,20,22). The minimum atomic E-state index is -0.177. The fourth-order valence-corrected chi connectivity index (χ4v) is 2.36. The molecule has 1 unspecified atom stereocenters. The first kappa shape index (κ1) is 17.2. The van der Waals surface area contributed by atoms with E-state index in [1.54, 1.807) is 19.2 Å². The number of methoxy groups -OCH3 is 1.